The molecule has 1 aromatic rings. The SMILES string of the molecule is F.F.F.O=[N+]([O-])c1ccc(Cl)c([N+](=O)[O-])c1Cl. The summed E-state index contributed by atoms with van der Waals surface area (Å²) in [4.78, 5) is 19.1. The standard InChI is InChI=1S/C6H2Cl2N2O4.3FH/c7-3-1-2-4(9(11)12)5(8)6(3)10(13)14;;;/h1-2H;3*1H. The number of hydrogen-bond acceptors (Lipinski definition) is 4. The van der Waals surface area contributed by atoms with Gasteiger partial charge >= 0.3 is 5.69 Å². The second-order valence-electron chi connectivity index (χ2n) is 2.24. The maximum atomic E-state index is 10.4. The average molecular weight is 297 g/mol. The molecule has 98 valence electrons. The van der Waals surface area contributed by atoms with Crippen molar-refractivity contribution in [2.75, 3.05) is 0 Å². The summed E-state index contributed by atoms with van der Waals surface area (Å²) in [6.07, 6.45) is 0. The van der Waals surface area contributed by atoms with Crippen molar-refractivity contribution in [3.63, 3.8) is 0 Å². The molecule has 1 rings (SSSR count). The predicted molar refractivity (Wildman–Crippen MR) is 57.3 cm³/mol. The first kappa shape index (κ1) is 20.8. The van der Waals surface area contributed by atoms with Gasteiger partial charge in [-0.25, -0.2) is 0 Å². The molecule has 11 heteroatoms. The molecule has 0 bridgehead atoms. The first-order valence-corrected chi connectivity index (χ1v) is 3.97. The first-order chi connectivity index (χ1) is 6.45. The third-order valence-corrected chi connectivity index (χ3v) is 2.10. The molecule has 0 aromatic heterocycles. The summed E-state index contributed by atoms with van der Waals surface area (Å²) in [6.45, 7) is 0. The van der Waals surface area contributed by atoms with Crippen LogP contribution in [0.4, 0.5) is 25.5 Å². The Balaban J connectivity index is -0.000000653. The molecule has 0 amide bonds. The van der Waals surface area contributed by atoms with E-state index < -0.39 is 26.2 Å². The summed E-state index contributed by atoms with van der Waals surface area (Å²) in [7, 11) is 0. The van der Waals surface area contributed by atoms with Crippen LogP contribution in [0.5, 0.6) is 0 Å². The van der Waals surface area contributed by atoms with Crippen molar-refractivity contribution in [3.8, 4) is 0 Å². The van der Waals surface area contributed by atoms with Gasteiger partial charge in [0.15, 0.2) is 5.02 Å². The van der Waals surface area contributed by atoms with Crippen LogP contribution in [0.3, 0.4) is 0 Å². The first-order valence-electron chi connectivity index (χ1n) is 3.22. The summed E-state index contributed by atoms with van der Waals surface area (Å²) in [5.74, 6) is 0. The number of nitro benzene ring substituents is 2. The van der Waals surface area contributed by atoms with Gasteiger partial charge in [-0.1, -0.05) is 23.2 Å². The monoisotopic (exact) mass is 296 g/mol. The molecule has 17 heavy (non-hydrogen) atoms. The lowest BCUT2D eigenvalue weighted by atomic mass is 10.3. The minimum atomic E-state index is -0.863. The van der Waals surface area contributed by atoms with Crippen LogP contribution in [0.25, 0.3) is 0 Å². The van der Waals surface area contributed by atoms with Crippen molar-refractivity contribution in [1.82, 2.24) is 0 Å². The maximum Gasteiger partial charge on any atom is 0.313 e. The molecule has 0 aliphatic carbocycles. The molecule has 0 atom stereocenters. The molecule has 0 spiro atoms. The molecule has 0 saturated heterocycles. The predicted octanol–water partition coefficient (Wildman–Crippen LogP) is 3.27. The van der Waals surface area contributed by atoms with Crippen LogP contribution in [0.2, 0.25) is 10.0 Å². The van der Waals surface area contributed by atoms with E-state index in [0.29, 0.717) is 0 Å². The van der Waals surface area contributed by atoms with Crippen LogP contribution in [0.15, 0.2) is 12.1 Å². The largest absolute Gasteiger partial charge is 0.313 e. The third-order valence-electron chi connectivity index (χ3n) is 1.43. The molecule has 0 heterocycles. The van der Waals surface area contributed by atoms with Gasteiger partial charge in [-0.2, -0.15) is 0 Å². The molecule has 0 fully saturated rings. The van der Waals surface area contributed by atoms with Crippen molar-refractivity contribution in [3.05, 3.63) is 42.4 Å². The summed E-state index contributed by atoms with van der Waals surface area (Å²) >= 11 is 10.9. The van der Waals surface area contributed by atoms with Crippen LogP contribution in [0.1, 0.15) is 0 Å². The average Bonchev–Trinajstić information content (AvgIpc) is 2.02. The zero-order valence-electron chi connectivity index (χ0n) is 7.66. The van der Waals surface area contributed by atoms with E-state index in [1.54, 1.807) is 0 Å². The van der Waals surface area contributed by atoms with Crippen molar-refractivity contribution in [1.29, 1.82) is 0 Å². The molecule has 1 aromatic carbocycles. The topological polar surface area (TPSA) is 86.3 Å². The Labute approximate surface area is 102 Å². The van der Waals surface area contributed by atoms with E-state index in [1.165, 1.54) is 0 Å². The van der Waals surface area contributed by atoms with Gasteiger partial charge in [0.1, 0.15) is 5.02 Å². The van der Waals surface area contributed by atoms with Gasteiger partial charge in [-0.3, -0.25) is 34.3 Å². The Morgan fingerprint density at radius 2 is 1.41 bits per heavy atom. The number of nitrogens with zero attached hydrogens (tertiary/aromatic N) is 2. The molecule has 6 nitrogen and oxygen atoms in total. The fraction of sp³-hybridized carbons (Fsp3) is 0. The Morgan fingerprint density at radius 3 is 1.76 bits per heavy atom. The lowest BCUT2D eigenvalue weighted by molar-refractivity contribution is -0.393. The van der Waals surface area contributed by atoms with Gasteiger partial charge in [-0.05, 0) is 6.07 Å². The Kier molecular flexibility index (Phi) is 9.32. The summed E-state index contributed by atoms with van der Waals surface area (Å²) in [5.41, 5.74) is -1.19. The molecule has 0 unspecified atom stereocenters. The smallest absolute Gasteiger partial charge is 0.269 e. The van der Waals surface area contributed by atoms with E-state index in [1.807, 2.05) is 0 Å². The fourth-order valence-electron chi connectivity index (χ4n) is 0.839. The van der Waals surface area contributed by atoms with Crippen LogP contribution in [-0.2, 0) is 0 Å². The van der Waals surface area contributed by atoms with Crippen molar-refractivity contribution in [2.45, 2.75) is 0 Å². The van der Waals surface area contributed by atoms with Crippen LogP contribution < -0.4 is 0 Å². The highest BCUT2D eigenvalue weighted by Gasteiger charge is 2.26. The molecule has 0 N–H and O–H groups in total. The second kappa shape index (κ2) is 7.63. The Morgan fingerprint density at radius 1 is 0.941 bits per heavy atom. The second-order valence-corrected chi connectivity index (χ2v) is 3.03. The molecule has 0 aliphatic rings. The van der Waals surface area contributed by atoms with E-state index in [2.05, 4.69) is 0 Å². The van der Waals surface area contributed by atoms with E-state index in [9.17, 15) is 20.2 Å². The number of nitro groups is 2. The Bertz CT molecular complexity index is 432. The lowest BCUT2D eigenvalue weighted by Gasteiger charge is -1.98. The summed E-state index contributed by atoms with van der Waals surface area (Å²) in [5, 5.41) is 20.0. The minimum absolute atomic E-state index is 0. The van der Waals surface area contributed by atoms with Gasteiger partial charge in [0, 0.05) is 6.07 Å². The van der Waals surface area contributed by atoms with Crippen LogP contribution in [0, 0.1) is 20.2 Å². The number of benzene rings is 1. The molecular weight excluding hydrogens is 292 g/mol. The Hall–Kier alpha value is -1.61. The van der Waals surface area contributed by atoms with E-state index >= 15 is 0 Å². The van der Waals surface area contributed by atoms with E-state index in [0.717, 1.165) is 12.1 Å². The molecular formula is C6H5Cl2F3N2O4. The van der Waals surface area contributed by atoms with E-state index in [4.69, 9.17) is 23.2 Å². The minimum Gasteiger partial charge on any atom is -0.269 e. The summed E-state index contributed by atoms with van der Waals surface area (Å²) in [6, 6.07) is 2.07. The van der Waals surface area contributed by atoms with Gasteiger partial charge in [-0.15, -0.1) is 0 Å². The highest BCUT2D eigenvalue weighted by atomic mass is 35.5. The van der Waals surface area contributed by atoms with Gasteiger partial charge in [0.2, 0.25) is 0 Å². The quantitative estimate of drug-likeness (QED) is 0.619. The third kappa shape index (κ3) is 4.04. The normalized spacial score (nSPS) is 8.12. The number of hydrogen-bond donors (Lipinski definition) is 0. The fourth-order valence-corrected chi connectivity index (χ4v) is 1.42. The van der Waals surface area contributed by atoms with Crippen molar-refractivity contribution in [2.24, 2.45) is 0 Å². The van der Waals surface area contributed by atoms with Gasteiger partial charge in [0.05, 0.1) is 9.85 Å². The molecule has 0 radical (unpaired) electrons. The van der Waals surface area contributed by atoms with Gasteiger partial charge in [0.25, 0.3) is 5.69 Å². The van der Waals surface area contributed by atoms with Crippen molar-refractivity contribution >= 4 is 34.6 Å². The van der Waals surface area contributed by atoms with Gasteiger partial charge < -0.3 is 0 Å². The summed E-state index contributed by atoms with van der Waals surface area (Å²) < 4.78 is 0. The zero-order chi connectivity index (χ0) is 10.9. The van der Waals surface area contributed by atoms with Crippen molar-refractivity contribution < 1.29 is 24.0 Å². The van der Waals surface area contributed by atoms with Crippen LogP contribution in [-0.4, -0.2) is 9.85 Å². The zero-order valence-corrected chi connectivity index (χ0v) is 9.17. The maximum absolute atomic E-state index is 10.4. The highest BCUT2D eigenvalue weighted by molar-refractivity contribution is 6.39. The van der Waals surface area contributed by atoms with E-state index in [-0.39, 0.29) is 19.1 Å². The highest BCUT2D eigenvalue weighted by Crippen LogP contribution is 2.38. The number of rotatable bonds is 2. The number of halogens is 5. The van der Waals surface area contributed by atoms with Crippen LogP contribution >= 0.6 is 23.2 Å². The lowest BCUT2D eigenvalue weighted by Crippen LogP contribution is -1.95. The molecule has 0 aliphatic heterocycles. The molecule has 0 saturated carbocycles.